The van der Waals surface area contributed by atoms with E-state index < -0.39 is 9.84 Å². The number of hydrazone groups is 1. The number of hydrogen-bond donors (Lipinski definition) is 1. The molecule has 0 radical (unpaired) electrons. The summed E-state index contributed by atoms with van der Waals surface area (Å²) in [6.45, 7) is 0. The highest BCUT2D eigenvalue weighted by Gasteiger charge is 2.48. The van der Waals surface area contributed by atoms with Crippen LogP contribution in [-0.2, 0) is 9.84 Å². The van der Waals surface area contributed by atoms with E-state index in [0.29, 0.717) is 15.6 Å². The molecule has 0 aliphatic carbocycles. The Balaban J connectivity index is 1.87. The monoisotopic (exact) mass is 363 g/mol. The maximum atomic E-state index is 11.7. The normalized spacial score (nSPS) is 27.5. The third-order valence-electron chi connectivity index (χ3n) is 3.37. The predicted octanol–water partition coefficient (Wildman–Crippen LogP) is 2.48. The molecule has 1 aromatic carbocycles. The Labute approximate surface area is 136 Å². The standard InChI is InChI=1S/C12H11Cl2N3O2S2/c13-8-2-1-3-9(14)7(8)4-16-17-10-5-21(18,19)6-11(10)20-12(17)15/h1-4,10-11,15H,5-6H2/b15-12?,16-4-/t10-,11-/m0/s1. The summed E-state index contributed by atoms with van der Waals surface area (Å²) in [5, 5.41) is 14.6. The van der Waals surface area contributed by atoms with Gasteiger partial charge >= 0.3 is 0 Å². The van der Waals surface area contributed by atoms with Crippen LogP contribution in [0.2, 0.25) is 10.0 Å². The highest BCUT2D eigenvalue weighted by Crippen LogP contribution is 2.37. The van der Waals surface area contributed by atoms with Crippen LogP contribution >= 0.6 is 35.0 Å². The minimum atomic E-state index is -3.05. The first-order chi connectivity index (χ1) is 9.87. The van der Waals surface area contributed by atoms with E-state index in [9.17, 15) is 8.42 Å². The number of halogens is 2. The summed E-state index contributed by atoms with van der Waals surface area (Å²) in [5.74, 6) is 0.129. The maximum absolute atomic E-state index is 11.7. The lowest BCUT2D eigenvalue weighted by atomic mass is 10.2. The van der Waals surface area contributed by atoms with Gasteiger partial charge in [-0.15, -0.1) is 0 Å². The van der Waals surface area contributed by atoms with Gasteiger partial charge < -0.3 is 0 Å². The number of rotatable bonds is 2. The van der Waals surface area contributed by atoms with E-state index in [4.69, 9.17) is 28.6 Å². The van der Waals surface area contributed by atoms with Gasteiger partial charge in [0.1, 0.15) is 0 Å². The first-order valence-electron chi connectivity index (χ1n) is 6.10. The molecule has 0 spiro atoms. The van der Waals surface area contributed by atoms with Crippen molar-refractivity contribution in [2.24, 2.45) is 5.10 Å². The molecule has 0 bridgehead atoms. The largest absolute Gasteiger partial charge is 0.277 e. The van der Waals surface area contributed by atoms with Crippen LogP contribution in [0.5, 0.6) is 0 Å². The fourth-order valence-corrected chi connectivity index (χ4v) is 6.59. The molecule has 1 aromatic rings. The molecule has 112 valence electrons. The zero-order valence-corrected chi connectivity index (χ0v) is 13.8. The molecule has 2 saturated heterocycles. The molecule has 0 amide bonds. The number of hydrogen-bond acceptors (Lipinski definition) is 5. The zero-order chi connectivity index (χ0) is 15.2. The molecular weight excluding hydrogens is 353 g/mol. The molecule has 21 heavy (non-hydrogen) atoms. The highest BCUT2D eigenvalue weighted by atomic mass is 35.5. The van der Waals surface area contributed by atoms with E-state index in [0.717, 1.165) is 0 Å². The lowest BCUT2D eigenvalue weighted by Gasteiger charge is -2.17. The van der Waals surface area contributed by atoms with Crippen molar-refractivity contribution in [3.63, 3.8) is 0 Å². The number of fused-ring (bicyclic) bond motifs is 1. The molecule has 2 aliphatic heterocycles. The zero-order valence-electron chi connectivity index (χ0n) is 10.7. The second-order valence-corrected chi connectivity index (χ2v) is 9.03. The minimum Gasteiger partial charge on any atom is -0.277 e. The highest BCUT2D eigenvalue weighted by molar-refractivity contribution is 8.15. The molecule has 0 aromatic heterocycles. The fourth-order valence-electron chi connectivity index (χ4n) is 2.38. The molecule has 1 N–H and O–H groups in total. The van der Waals surface area contributed by atoms with Crippen LogP contribution < -0.4 is 0 Å². The lowest BCUT2D eigenvalue weighted by Crippen LogP contribution is -2.32. The summed E-state index contributed by atoms with van der Waals surface area (Å²) in [7, 11) is -3.05. The quantitative estimate of drug-likeness (QED) is 0.819. The summed E-state index contributed by atoms with van der Waals surface area (Å²) < 4.78 is 23.3. The lowest BCUT2D eigenvalue weighted by molar-refractivity contribution is 0.376. The predicted molar refractivity (Wildman–Crippen MR) is 87.4 cm³/mol. The molecule has 9 heteroatoms. The van der Waals surface area contributed by atoms with E-state index in [1.807, 2.05) is 0 Å². The van der Waals surface area contributed by atoms with E-state index in [2.05, 4.69) is 5.10 Å². The van der Waals surface area contributed by atoms with Gasteiger partial charge in [-0.3, -0.25) is 5.41 Å². The summed E-state index contributed by atoms with van der Waals surface area (Å²) in [6, 6.07) is 4.84. The molecular formula is C12H11Cl2N3O2S2. The number of thioether (sulfide) groups is 1. The van der Waals surface area contributed by atoms with Gasteiger partial charge in [-0.05, 0) is 12.1 Å². The smallest absolute Gasteiger partial charge is 0.177 e. The first-order valence-corrected chi connectivity index (χ1v) is 9.56. The Morgan fingerprint density at radius 2 is 2.00 bits per heavy atom. The third kappa shape index (κ3) is 2.92. The van der Waals surface area contributed by atoms with Crippen LogP contribution in [0.4, 0.5) is 0 Å². The van der Waals surface area contributed by atoms with Gasteiger partial charge in [0.15, 0.2) is 15.0 Å². The summed E-state index contributed by atoms with van der Waals surface area (Å²) >= 11 is 13.4. The molecule has 0 saturated carbocycles. The van der Waals surface area contributed by atoms with Crippen molar-refractivity contribution < 1.29 is 8.42 Å². The van der Waals surface area contributed by atoms with Crippen molar-refractivity contribution in [1.82, 2.24) is 5.01 Å². The van der Waals surface area contributed by atoms with Gasteiger partial charge in [-0.25, -0.2) is 13.4 Å². The average molecular weight is 364 g/mol. The Bertz CT molecular complexity index is 716. The van der Waals surface area contributed by atoms with Crippen molar-refractivity contribution in [3.05, 3.63) is 33.8 Å². The van der Waals surface area contributed by atoms with Crippen molar-refractivity contribution in [1.29, 1.82) is 5.41 Å². The Morgan fingerprint density at radius 1 is 1.33 bits per heavy atom. The Morgan fingerprint density at radius 3 is 2.67 bits per heavy atom. The molecule has 2 aliphatic rings. The van der Waals surface area contributed by atoms with Crippen molar-refractivity contribution in [3.8, 4) is 0 Å². The van der Waals surface area contributed by atoms with E-state index in [-0.39, 0.29) is 28.0 Å². The number of amidine groups is 1. The van der Waals surface area contributed by atoms with E-state index >= 15 is 0 Å². The number of sulfone groups is 1. The second kappa shape index (κ2) is 5.46. The second-order valence-electron chi connectivity index (χ2n) is 4.83. The Kier molecular flexibility index (Phi) is 3.94. The number of benzene rings is 1. The van der Waals surface area contributed by atoms with Crippen molar-refractivity contribution in [2.45, 2.75) is 11.3 Å². The number of nitrogens with one attached hydrogen (secondary N) is 1. The van der Waals surface area contributed by atoms with Crippen molar-refractivity contribution in [2.75, 3.05) is 11.5 Å². The average Bonchev–Trinajstić information content (AvgIpc) is 2.81. The molecule has 5 nitrogen and oxygen atoms in total. The summed E-state index contributed by atoms with van der Waals surface area (Å²) in [6.07, 6.45) is 1.48. The van der Waals surface area contributed by atoms with Gasteiger partial charge in [0.05, 0.1) is 33.8 Å². The SMILES string of the molecule is N=C1S[C@H]2CS(=O)(=O)C[C@@H]2N1/N=C\c1c(Cl)cccc1Cl. The molecule has 0 unspecified atom stereocenters. The van der Waals surface area contributed by atoms with E-state index in [1.165, 1.54) is 23.0 Å². The Hall–Kier alpha value is -0.760. The van der Waals surface area contributed by atoms with Crippen LogP contribution in [0.25, 0.3) is 0 Å². The summed E-state index contributed by atoms with van der Waals surface area (Å²) in [4.78, 5) is 0. The van der Waals surface area contributed by atoms with Crippen LogP contribution in [-0.4, -0.2) is 47.6 Å². The summed E-state index contributed by atoms with van der Waals surface area (Å²) in [5.41, 5.74) is 0.558. The van der Waals surface area contributed by atoms with E-state index in [1.54, 1.807) is 18.2 Å². The molecule has 2 atom stereocenters. The van der Waals surface area contributed by atoms with Gasteiger partial charge in [0.25, 0.3) is 0 Å². The van der Waals surface area contributed by atoms with Gasteiger partial charge in [-0.1, -0.05) is 41.0 Å². The van der Waals surface area contributed by atoms with Crippen LogP contribution in [0.15, 0.2) is 23.3 Å². The molecule has 3 rings (SSSR count). The number of nitrogens with zero attached hydrogens (tertiary/aromatic N) is 2. The minimum absolute atomic E-state index is 0.0284. The van der Waals surface area contributed by atoms with Gasteiger partial charge in [0, 0.05) is 10.8 Å². The maximum Gasteiger partial charge on any atom is 0.177 e. The first kappa shape index (κ1) is 15.1. The van der Waals surface area contributed by atoms with Gasteiger partial charge in [0.2, 0.25) is 0 Å². The van der Waals surface area contributed by atoms with Gasteiger partial charge in [-0.2, -0.15) is 5.10 Å². The van der Waals surface area contributed by atoms with Crippen molar-refractivity contribution >= 4 is 56.2 Å². The fraction of sp³-hybridized carbons (Fsp3) is 0.333. The topological polar surface area (TPSA) is 73.6 Å². The molecule has 2 fully saturated rings. The molecule has 2 heterocycles. The third-order valence-corrected chi connectivity index (χ3v) is 7.15. The van der Waals surface area contributed by atoms with Crippen LogP contribution in [0, 0.1) is 5.41 Å². The van der Waals surface area contributed by atoms with Crippen LogP contribution in [0.1, 0.15) is 5.56 Å². The van der Waals surface area contributed by atoms with Crippen LogP contribution in [0.3, 0.4) is 0 Å².